The Balaban J connectivity index is 1.67. The minimum Gasteiger partial charge on any atom is -0.496 e. The lowest BCUT2D eigenvalue weighted by molar-refractivity contribution is -0.384. The van der Waals surface area contributed by atoms with E-state index < -0.39 is 4.92 Å². The third-order valence-corrected chi connectivity index (χ3v) is 5.75. The molecule has 1 N–H and O–H groups in total. The molecule has 1 amide bonds. The van der Waals surface area contributed by atoms with Crippen molar-refractivity contribution in [3.63, 3.8) is 0 Å². The molecule has 0 spiro atoms. The number of fused-ring (bicyclic) bond motifs is 1. The number of nitrogens with one attached hydrogen (secondary N) is 1. The molecule has 0 saturated carbocycles. The highest BCUT2D eigenvalue weighted by Gasteiger charge is 2.17. The summed E-state index contributed by atoms with van der Waals surface area (Å²) in [5.41, 5.74) is 0.672. The Labute approximate surface area is 161 Å². The van der Waals surface area contributed by atoms with Gasteiger partial charge >= 0.3 is 0 Å². The first-order valence-corrected chi connectivity index (χ1v) is 9.45. The van der Waals surface area contributed by atoms with E-state index in [4.69, 9.17) is 16.3 Å². The number of benzene rings is 2. The predicted octanol–water partition coefficient (Wildman–Crippen LogP) is 4.60. The summed E-state index contributed by atoms with van der Waals surface area (Å²) in [7, 11) is 1.42. The van der Waals surface area contributed by atoms with Crippen molar-refractivity contribution >= 4 is 62.2 Å². The van der Waals surface area contributed by atoms with Crippen molar-refractivity contribution in [2.24, 2.45) is 0 Å². The van der Waals surface area contributed by atoms with Crippen LogP contribution >= 0.6 is 34.7 Å². The number of nitrogens with zero attached hydrogens (tertiary/aromatic N) is 2. The lowest BCUT2D eigenvalue weighted by Gasteiger charge is -2.07. The first-order valence-electron chi connectivity index (χ1n) is 7.27. The Hall–Kier alpha value is -2.36. The minimum atomic E-state index is -0.567. The van der Waals surface area contributed by atoms with E-state index >= 15 is 0 Å². The number of anilines is 1. The van der Waals surface area contributed by atoms with Gasteiger partial charge in [-0.05, 0) is 30.3 Å². The Morgan fingerprint density at radius 3 is 2.92 bits per heavy atom. The predicted molar refractivity (Wildman–Crippen MR) is 104 cm³/mol. The number of halogens is 1. The number of methoxy groups -OCH3 is 1. The number of thioether (sulfide) groups is 1. The second-order valence-electron chi connectivity index (χ2n) is 5.07. The van der Waals surface area contributed by atoms with Gasteiger partial charge in [0.15, 0.2) is 4.34 Å². The lowest BCUT2D eigenvalue weighted by atomic mass is 10.2. The van der Waals surface area contributed by atoms with Crippen LogP contribution < -0.4 is 10.1 Å². The third-order valence-electron chi connectivity index (χ3n) is 3.33. The fraction of sp³-hybridized carbons (Fsp3) is 0.125. The molecule has 0 bridgehead atoms. The zero-order valence-electron chi connectivity index (χ0n) is 13.4. The number of aromatic nitrogens is 1. The normalized spacial score (nSPS) is 10.7. The van der Waals surface area contributed by atoms with E-state index in [0.29, 0.717) is 10.8 Å². The van der Waals surface area contributed by atoms with Crippen LogP contribution in [0.25, 0.3) is 10.2 Å². The van der Waals surface area contributed by atoms with Crippen molar-refractivity contribution in [3.8, 4) is 5.75 Å². The molecule has 7 nitrogen and oxygen atoms in total. The first-order chi connectivity index (χ1) is 12.5. The van der Waals surface area contributed by atoms with Crippen LogP contribution in [0.2, 0.25) is 5.02 Å². The zero-order chi connectivity index (χ0) is 18.7. The fourth-order valence-electron chi connectivity index (χ4n) is 2.15. The SMILES string of the molecule is COc1ccc(NC(=O)CSc2nc3cc(Cl)ccc3s2)c([N+](=O)[O-])c1. The molecule has 0 aliphatic carbocycles. The van der Waals surface area contributed by atoms with Gasteiger partial charge in [0.2, 0.25) is 5.91 Å². The van der Waals surface area contributed by atoms with Crippen molar-refractivity contribution < 1.29 is 14.5 Å². The molecule has 0 saturated heterocycles. The van der Waals surface area contributed by atoms with Crippen LogP contribution in [0, 0.1) is 10.1 Å². The summed E-state index contributed by atoms with van der Waals surface area (Å²) in [6.07, 6.45) is 0. The minimum absolute atomic E-state index is 0.0801. The van der Waals surface area contributed by atoms with Gasteiger partial charge in [-0.1, -0.05) is 23.4 Å². The van der Waals surface area contributed by atoms with Crippen molar-refractivity contribution in [1.82, 2.24) is 4.98 Å². The van der Waals surface area contributed by atoms with Crippen LogP contribution in [-0.2, 0) is 4.79 Å². The Morgan fingerprint density at radius 2 is 2.19 bits per heavy atom. The number of nitro benzene ring substituents is 1. The Bertz CT molecular complexity index is 993. The van der Waals surface area contributed by atoms with Gasteiger partial charge in [0, 0.05) is 5.02 Å². The summed E-state index contributed by atoms with van der Waals surface area (Å²) in [6, 6.07) is 9.68. The van der Waals surface area contributed by atoms with Crippen LogP contribution in [0.3, 0.4) is 0 Å². The molecule has 0 unspecified atom stereocenters. The molecule has 1 heterocycles. The van der Waals surface area contributed by atoms with E-state index in [1.807, 2.05) is 6.07 Å². The monoisotopic (exact) mass is 409 g/mol. The molecule has 26 heavy (non-hydrogen) atoms. The van der Waals surface area contributed by atoms with E-state index in [9.17, 15) is 14.9 Å². The van der Waals surface area contributed by atoms with Crippen molar-refractivity contribution in [3.05, 3.63) is 51.5 Å². The van der Waals surface area contributed by atoms with Crippen LogP contribution in [0.5, 0.6) is 5.75 Å². The third kappa shape index (κ3) is 4.24. The molecule has 0 atom stereocenters. The number of ether oxygens (including phenoxy) is 1. The molecule has 134 valence electrons. The fourth-order valence-corrected chi connectivity index (χ4v) is 4.17. The van der Waals surface area contributed by atoms with Gasteiger partial charge in [0.25, 0.3) is 5.69 Å². The number of rotatable bonds is 6. The maximum atomic E-state index is 12.2. The molecule has 0 fully saturated rings. The van der Waals surface area contributed by atoms with E-state index in [0.717, 1.165) is 14.6 Å². The zero-order valence-corrected chi connectivity index (χ0v) is 15.8. The van der Waals surface area contributed by atoms with Crippen LogP contribution in [0.4, 0.5) is 11.4 Å². The summed E-state index contributed by atoms with van der Waals surface area (Å²) >= 11 is 8.65. The molecule has 1 aromatic heterocycles. The average molecular weight is 410 g/mol. The number of thiazole rings is 1. The van der Waals surface area contributed by atoms with E-state index in [2.05, 4.69) is 10.3 Å². The molecular weight excluding hydrogens is 398 g/mol. The van der Waals surface area contributed by atoms with Gasteiger partial charge in [0.1, 0.15) is 11.4 Å². The highest BCUT2D eigenvalue weighted by Crippen LogP contribution is 2.32. The van der Waals surface area contributed by atoms with E-state index in [1.165, 1.54) is 42.3 Å². The second kappa shape index (κ2) is 7.90. The standard InChI is InChI=1S/C16H12ClN3O4S2/c1-24-10-3-4-11(13(7-10)20(22)23)18-15(21)8-25-16-19-12-6-9(17)2-5-14(12)26-16/h2-7H,8H2,1H3,(H,18,21). The highest BCUT2D eigenvalue weighted by atomic mass is 35.5. The summed E-state index contributed by atoms with van der Waals surface area (Å²) in [6.45, 7) is 0. The summed E-state index contributed by atoms with van der Waals surface area (Å²) in [4.78, 5) is 27.2. The van der Waals surface area contributed by atoms with Crippen molar-refractivity contribution in [2.75, 3.05) is 18.2 Å². The molecule has 3 rings (SSSR count). The number of amides is 1. The summed E-state index contributed by atoms with van der Waals surface area (Å²) in [5, 5.41) is 14.3. The van der Waals surface area contributed by atoms with Crippen LogP contribution in [0.1, 0.15) is 0 Å². The maximum absolute atomic E-state index is 12.2. The van der Waals surface area contributed by atoms with Gasteiger partial charge in [-0.3, -0.25) is 14.9 Å². The maximum Gasteiger partial charge on any atom is 0.296 e. The van der Waals surface area contributed by atoms with E-state index in [-0.39, 0.29) is 23.0 Å². The Morgan fingerprint density at radius 1 is 1.38 bits per heavy atom. The quantitative estimate of drug-likeness (QED) is 0.363. The number of carbonyl (C=O) groups excluding carboxylic acids is 1. The highest BCUT2D eigenvalue weighted by molar-refractivity contribution is 8.01. The topological polar surface area (TPSA) is 94.4 Å². The number of hydrogen-bond donors (Lipinski definition) is 1. The summed E-state index contributed by atoms with van der Waals surface area (Å²) in [5.74, 6) is 0.0641. The number of carbonyl (C=O) groups is 1. The smallest absolute Gasteiger partial charge is 0.296 e. The van der Waals surface area contributed by atoms with Gasteiger partial charge in [-0.25, -0.2) is 4.98 Å². The lowest BCUT2D eigenvalue weighted by Crippen LogP contribution is -2.15. The van der Waals surface area contributed by atoms with E-state index in [1.54, 1.807) is 18.2 Å². The van der Waals surface area contributed by atoms with Crippen LogP contribution in [0.15, 0.2) is 40.7 Å². The first kappa shape index (κ1) is 18.4. The molecule has 2 aromatic carbocycles. The molecule has 0 aliphatic rings. The van der Waals surface area contributed by atoms with Gasteiger partial charge in [-0.15, -0.1) is 11.3 Å². The van der Waals surface area contributed by atoms with Crippen molar-refractivity contribution in [2.45, 2.75) is 4.34 Å². The second-order valence-corrected chi connectivity index (χ2v) is 7.76. The number of hydrogen-bond acceptors (Lipinski definition) is 7. The molecule has 3 aromatic rings. The van der Waals surface area contributed by atoms with Gasteiger partial charge in [0.05, 0.1) is 34.1 Å². The van der Waals surface area contributed by atoms with Gasteiger partial charge in [-0.2, -0.15) is 0 Å². The molecule has 0 radical (unpaired) electrons. The molecule has 10 heteroatoms. The van der Waals surface area contributed by atoms with Crippen molar-refractivity contribution in [1.29, 1.82) is 0 Å². The number of nitro groups is 1. The summed E-state index contributed by atoms with van der Waals surface area (Å²) < 4.78 is 6.67. The molecular formula is C16H12ClN3O4S2. The largest absolute Gasteiger partial charge is 0.496 e. The van der Waals surface area contributed by atoms with Gasteiger partial charge < -0.3 is 10.1 Å². The average Bonchev–Trinajstić information content (AvgIpc) is 3.02. The Kier molecular flexibility index (Phi) is 5.60. The van der Waals surface area contributed by atoms with Crippen LogP contribution in [-0.4, -0.2) is 28.7 Å². The molecule has 0 aliphatic heterocycles.